The smallest absolute Gasteiger partial charge is 0.252 e. The van der Waals surface area contributed by atoms with Crippen LogP contribution in [-0.2, 0) is 0 Å². The average Bonchev–Trinajstić information content (AvgIpc) is 2.89. The molecule has 2 aromatic heterocycles. The van der Waals surface area contributed by atoms with Crippen LogP contribution in [0.5, 0.6) is 0 Å². The maximum Gasteiger partial charge on any atom is 0.252 e. The number of benzene rings is 2. The van der Waals surface area contributed by atoms with Gasteiger partial charge < -0.3 is 10.2 Å². The van der Waals surface area contributed by atoms with Crippen molar-refractivity contribution in [3.8, 4) is 11.4 Å². The van der Waals surface area contributed by atoms with E-state index in [4.69, 9.17) is 4.98 Å². The van der Waals surface area contributed by atoms with Gasteiger partial charge in [0.05, 0.1) is 22.5 Å². The van der Waals surface area contributed by atoms with Crippen LogP contribution in [0.2, 0.25) is 0 Å². The Morgan fingerprint density at radius 1 is 0.848 bits per heavy atom. The molecule has 0 bridgehead atoms. The van der Waals surface area contributed by atoms with Gasteiger partial charge in [0.2, 0.25) is 0 Å². The number of piperazine rings is 1. The van der Waals surface area contributed by atoms with Crippen molar-refractivity contribution in [3.05, 3.63) is 90.6 Å². The van der Waals surface area contributed by atoms with Crippen molar-refractivity contribution in [1.82, 2.24) is 20.2 Å². The van der Waals surface area contributed by atoms with Gasteiger partial charge in [0.15, 0.2) is 0 Å². The molecule has 1 fully saturated rings. The van der Waals surface area contributed by atoms with E-state index in [0.29, 0.717) is 17.8 Å². The van der Waals surface area contributed by atoms with Crippen LogP contribution in [0.15, 0.2) is 85.1 Å². The van der Waals surface area contributed by atoms with Crippen LogP contribution in [0.1, 0.15) is 10.4 Å². The monoisotopic (exact) mass is 437 g/mol. The number of carbonyl (C=O) groups excluding carboxylic acids is 1. The molecule has 1 aliphatic heterocycles. The number of hydrogen-bond acceptors (Lipinski definition) is 5. The van der Waals surface area contributed by atoms with Crippen molar-refractivity contribution >= 4 is 22.5 Å². The highest BCUT2D eigenvalue weighted by Crippen LogP contribution is 2.23. The lowest BCUT2D eigenvalue weighted by Crippen LogP contribution is -2.48. The SMILES string of the molecule is O=C(NCCN1CCN(c2ccccc2)CC1)c1cc(-c2ccccn2)nc2ccccc12. The molecule has 0 atom stereocenters. The zero-order valence-corrected chi connectivity index (χ0v) is 18.5. The Balaban J connectivity index is 1.23. The van der Waals surface area contributed by atoms with Crippen molar-refractivity contribution in [3.63, 3.8) is 0 Å². The summed E-state index contributed by atoms with van der Waals surface area (Å²) in [5.74, 6) is -0.0753. The maximum absolute atomic E-state index is 13.1. The summed E-state index contributed by atoms with van der Waals surface area (Å²) in [6.45, 7) is 5.44. The number of amides is 1. The molecular formula is C27H27N5O. The van der Waals surface area contributed by atoms with Crippen molar-refractivity contribution in [1.29, 1.82) is 0 Å². The summed E-state index contributed by atoms with van der Waals surface area (Å²) in [5, 5.41) is 3.97. The Morgan fingerprint density at radius 3 is 2.39 bits per heavy atom. The first-order valence-corrected chi connectivity index (χ1v) is 11.4. The number of hydrogen-bond donors (Lipinski definition) is 1. The summed E-state index contributed by atoms with van der Waals surface area (Å²) >= 11 is 0. The summed E-state index contributed by atoms with van der Waals surface area (Å²) in [6, 6.07) is 25.9. The third-order valence-electron chi connectivity index (χ3n) is 6.10. The van der Waals surface area contributed by atoms with Gasteiger partial charge in [0.1, 0.15) is 0 Å². The van der Waals surface area contributed by atoms with Gasteiger partial charge in [0, 0.05) is 56.5 Å². The Morgan fingerprint density at radius 2 is 1.61 bits per heavy atom. The van der Waals surface area contributed by atoms with Gasteiger partial charge in [0.25, 0.3) is 5.91 Å². The summed E-state index contributed by atoms with van der Waals surface area (Å²) in [7, 11) is 0. The standard InChI is InChI=1S/C27H27N5O/c33-27(29-14-15-31-16-18-32(19-17-31)21-8-2-1-3-9-21)23-20-26(25-12-6-7-13-28-25)30-24-11-5-4-10-22(23)24/h1-13,20H,14-19H2,(H,29,33). The van der Waals surface area contributed by atoms with Crippen molar-refractivity contribution in [2.75, 3.05) is 44.2 Å². The fourth-order valence-electron chi connectivity index (χ4n) is 4.30. The van der Waals surface area contributed by atoms with E-state index in [1.165, 1.54) is 5.69 Å². The molecule has 1 saturated heterocycles. The molecule has 0 spiro atoms. The van der Waals surface area contributed by atoms with Gasteiger partial charge in [-0.2, -0.15) is 0 Å². The minimum Gasteiger partial charge on any atom is -0.369 e. The van der Waals surface area contributed by atoms with Gasteiger partial charge >= 0.3 is 0 Å². The second kappa shape index (κ2) is 9.79. The fraction of sp³-hybridized carbons (Fsp3) is 0.222. The number of rotatable bonds is 6. The van der Waals surface area contributed by atoms with E-state index in [2.05, 4.69) is 44.4 Å². The van der Waals surface area contributed by atoms with Gasteiger partial charge in [-0.15, -0.1) is 0 Å². The molecule has 0 aliphatic carbocycles. The highest BCUT2D eigenvalue weighted by Gasteiger charge is 2.18. The molecule has 4 aromatic rings. The maximum atomic E-state index is 13.1. The third-order valence-corrected chi connectivity index (χ3v) is 6.10. The largest absolute Gasteiger partial charge is 0.369 e. The molecule has 2 aromatic carbocycles. The summed E-state index contributed by atoms with van der Waals surface area (Å²) in [5.41, 5.74) is 4.17. The number of fused-ring (bicyclic) bond motifs is 1. The first kappa shape index (κ1) is 21.1. The highest BCUT2D eigenvalue weighted by atomic mass is 16.1. The number of anilines is 1. The minimum atomic E-state index is -0.0753. The molecule has 0 radical (unpaired) electrons. The molecule has 1 aliphatic rings. The molecule has 1 amide bonds. The fourth-order valence-corrected chi connectivity index (χ4v) is 4.30. The molecule has 0 saturated carbocycles. The molecule has 1 N–H and O–H groups in total. The van der Waals surface area contributed by atoms with Crippen LogP contribution in [-0.4, -0.2) is 60.0 Å². The normalized spacial score (nSPS) is 14.4. The predicted molar refractivity (Wildman–Crippen MR) is 132 cm³/mol. The Kier molecular flexibility index (Phi) is 6.26. The van der Waals surface area contributed by atoms with Gasteiger partial charge in [-0.25, -0.2) is 4.98 Å². The highest BCUT2D eigenvalue weighted by molar-refractivity contribution is 6.07. The van der Waals surface area contributed by atoms with Gasteiger partial charge in [-0.05, 0) is 36.4 Å². The zero-order valence-electron chi connectivity index (χ0n) is 18.5. The van der Waals surface area contributed by atoms with Crippen LogP contribution < -0.4 is 10.2 Å². The van der Waals surface area contributed by atoms with E-state index in [1.54, 1.807) is 6.20 Å². The van der Waals surface area contributed by atoms with Crippen LogP contribution in [0.25, 0.3) is 22.3 Å². The van der Waals surface area contributed by atoms with E-state index < -0.39 is 0 Å². The van der Waals surface area contributed by atoms with E-state index in [1.807, 2.05) is 54.6 Å². The minimum absolute atomic E-state index is 0.0753. The van der Waals surface area contributed by atoms with Crippen LogP contribution in [0.3, 0.4) is 0 Å². The van der Waals surface area contributed by atoms with E-state index in [-0.39, 0.29) is 5.91 Å². The second-order valence-electron chi connectivity index (χ2n) is 8.21. The molecule has 33 heavy (non-hydrogen) atoms. The number of pyridine rings is 2. The molecule has 166 valence electrons. The van der Waals surface area contributed by atoms with Crippen LogP contribution >= 0.6 is 0 Å². The third kappa shape index (κ3) is 4.86. The van der Waals surface area contributed by atoms with Crippen molar-refractivity contribution in [2.24, 2.45) is 0 Å². The lowest BCUT2D eigenvalue weighted by atomic mass is 10.1. The topological polar surface area (TPSA) is 61.4 Å². The number of carbonyl (C=O) groups is 1. The molecule has 0 unspecified atom stereocenters. The quantitative estimate of drug-likeness (QED) is 0.497. The van der Waals surface area contributed by atoms with E-state index in [0.717, 1.165) is 49.3 Å². The lowest BCUT2D eigenvalue weighted by Gasteiger charge is -2.36. The second-order valence-corrected chi connectivity index (χ2v) is 8.21. The van der Waals surface area contributed by atoms with Crippen molar-refractivity contribution in [2.45, 2.75) is 0 Å². The first-order valence-electron chi connectivity index (χ1n) is 11.4. The number of para-hydroxylation sites is 2. The van der Waals surface area contributed by atoms with Crippen molar-refractivity contribution < 1.29 is 4.79 Å². The molecular weight excluding hydrogens is 410 g/mol. The zero-order chi connectivity index (χ0) is 22.5. The molecule has 6 nitrogen and oxygen atoms in total. The summed E-state index contributed by atoms with van der Waals surface area (Å²) in [4.78, 5) is 27.1. The average molecular weight is 438 g/mol. The molecule has 3 heterocycles. The van der Waals surface area contributed by atoms with E-state index in [9.17, 15) is 4.79 Å². The predicted octanol–water partition coefficient (Wildman–Crippen LogP) is 3.85. The van der Waals surface area contributed by atoms with Gasteiger partial charge in [-0.1, -0.05) is 42.5 Å². The Labute approximate surface area is 193 Å². The first-order chi connectivity index (χ1) is 16.3. The van der Waals surface area contributed by atoms with Gasteiger partial charge in [-0.3, -0.25) is 14.7 Å². The summed E-state index contributed by atoms with van der Waals surface area (Å²) < 4.78 is 0. The number of nitrogens with one attached hydrogen (secondary N) is 1. The number of aromatic nitrogens is 2. The number of nitrogens with zero attached hydrogens (tertiary/aromatic N) is 4. The Hall–Kier alpha value is -3.77. The van der Waals surface area contributed by atoms with Crippen LogP contribution in [0, 0.1) is 0 Å². The Bertz CT molecular complexity index is 1220. The lowest BCUT2D eigenvalue weighted by molar-refractivity contribution is 0.0949. The summed E-state index contributed by atoms with van der Waals surface area (Å²) in [6.07, 6.45) is 1.74. The molecule has 5 rings (SSSR count). The molecule has 6 heteroatoms. The van der Waals surface area contributed by atoms with E-state index >= 15 is 0 Å². The van der Waals surface area contributed by atoms with Crippen LogP contribution in [0.4, 0.5) is 5.69 Å².